The summed E-state index contributed by atoms with van der Waals surface area (Å²) in [4.78, 5) is 3.95. The second-order valence-electron chi connectivity index (χ2n) is 5.28. The monoisotopic (exact) mass is 250 g/mol. The highest BCUT2D eigenvalue weighted by Crippen LogP contribution is 2.26. The quantitative estimate of drug-likeness (QED) is 0.781. The molecule has 2 nitrogen and oxygen atoms in total. The van der Waals surface area contributed by atoms with Gasteiger partial charge in [-0.25, -0.2) is 0 Å². The van der Waals surface area contributed by atoms with Gasteiger partial charge in [0.25, 0.3) is 0 Å². The lowest BCUT2D eigenvalue weighted by Crippen LogP contribution is -2.37. The average Bonchev–Trinajstić information content (AvgIpc) is 2.90. The molecule has 0 radical (unpaired) electrons. The van der Waals surface area contributed by atoms with Gasteiger partial charge in [-0.05, 0) is 29.8 Å². The zero-order valence-corrected chi connectivity index (χ0v) is 11.4. The summed E-state index contributed by atoms with van der Waals surface area (Å²) in [5.41, 5.74) is 0.431. The Morgan fingerprint density at radius 1 is 1.65 bits per heavy atom. The van der Waals surface area contributed by atoms with Gasteiger partial charge in [0.15, 0.2) is 0 Å². The number of hydrogen-bond acceptors (Lipinski definition) is 3. The van der Waals surface area contributed by atoms with Gasteiger partial charge < -0.3 is 5.32 Å². The van der Waals surface area contributed by atoms with Crippen LogP contribution >= 0.6 is 11.3 Å². The molecule has 2 rings (SSSR count). The summed E-state index contributed by atoms with van der Waals surface area (Å²) in [6.45, 7) is 11.8. The highest BCUT2D eigenvalue weighted by atomic mass is 32.1. The minimum Gasteiger partial charge on any atom is -0.316 e. The molecule has 0 saturated carbocycles. The molecule has 94 valence electrons. The molecule has 2 heterocycles. The molecular weight excluding hydrogens is 228 g/mol. The summed E-state index contributed by atoms with van der Waals surface area (Å²) >= 11 is 1.84. The maximum Gasteiger partial charge on any atom is 0.0331 e. The van der Waals surface area contributed by atoms with E-state index in [1.54, 1.807) is 0 Å². The van der Waals surface area contributed by atoms with Crippen molar-refractivity contribution >= 4 is 11.3 Å². The zero-order valence-electron chi connectivity index (χ0n) is 10.6. The fraction of sp³-hybridized carbons (Fsp3) is 0.571. The topological polar surface area (TPSA) is 15.3 Å². The van der Waals surface area contributed by atoms with Crippen LogP contribution in [0, 0.1) is 5.41 Å². The second kappa shape index (κ2) is 5.80. The Morgan fingerprint density at radius 3 is 3.12 bits per heavy atom. The SMILES string of the molecule is C=CCN(Cc1cccs1)CC1(C)CCNC1. The van der Waals surface area contributed by atoms with Gasteiger partial charge in [0.05, 0.1) is 0 Å². The number of thiophene rings is 1. The molecular formula is C14H22N2S. The number of hydrogen-bond donors (Lipinski definition) is 1. The summed E-state index contributed by atoms with van der Waals surface area (Å²) in [6.07, 6.45) is 3.30. The fourth-order valence-electron chi connectivity index (χ4n) is 2.53. The highest BCUT2D eigenvalue weighted by molar-refractivity contribution is 7.09. The second-order valence-corrected chi connectivity index (χ2v) is 6.31. The lowest BCUT2D eigenvalue weighted by atomic mass is 9.89. The van der Waals surface area contributed by atoms with Gasteiger partial charge in [-0.2, -0.15) is 0 Å². The minimum atomic E-state index is 0.431. The first-order valence-electron chi connectivity index (χ1n) is 6.28. The molecule has 1 aliphatic rings. The van der Waals surface area contributed by atoms with E-state index >= 15 is 0 Å². The zero-order chi connectivity index (χ0) is 12.1. The molecule has 0 bridgehead atoms. The van der Waals surface area contributed by atoms with Crippen LogP contribution in [0.1, 0.15) is 18.2 Å². The van der Waals surface area contributed by atoms with Gasteiger partial charge in [-0.15, -0.1) is 17.9 Å². The molecule has 1 saturated heterocycles. The smallest absolute Gasteiger partial charge is 0.0331 e. The van der Waals surface area contributed by atoms with Crippen LogP contribution in [0.25, 0.3) is 0 Å². The van der Waals surface area contributed by atoms with Crippen molar-refractivity contribution in [1.29, 1.82) is 0 Å². The maximum atomic E-state index is 3.87. The Balaban J connectivity index is 1.94. The van der Waals surface area contributed by atoms with Crippen LogP contribution in [0.5, 0.6) is 0 Å². The first kappa shape index (κ1) is 12.8. The normalized spacial score (nSPS) is 24.4. The molecule has 0 amide bonds. The molecule has 1 aliphatic heterocycles. The lowest BCUT2D eigenvalue weighted by Gasteiger charge is -2.31. The standard InChI is InChI=1S/C14H22N2S/c1-3-8-16(10-13-5-4-9-17-13)12-14(2)6-7-15-11-14/h3-5,9,15H,1,6-8,10-12H2,2H3. The van der Waals surface area contributed by atoms with Crippen molar-refractivity contribution in [2.75, 3.05) is 26.2 Å². The molecule has 1 aromatic heterocycles. The summed E-state index contributed by atoms with van der Waals surface area (Å²) in [5, 5.41) is 5.62. The Labute approximate surface area is 108 Å². The van der Waals surface area contributed by atoms with Crippen molar-refractivity contribution < 1.29 is 0 Å². The van der Waals surface area contributed by atoms with Crippen molar-refractivity contribution in [2.24, 2.45) is 5.41 Å². The van der Waals surface area contributed by atoms with Crippen molar-refractivity contribution in [1.82, 2.24) is 10.2 Å². The molecule has 17 heavy (non-hydrogen) atoms. The molecule has 1 atom stereocenters. The summed E-state index contributed by atoms with van der Waals surface area (Å²) in [7, 11) is 0. The Kier molecular flexibility index (Phi) is 4.37. The number of nitrogens with zero attached hydrogens (tertiary/aromatic N) is 1. The number of nitrogens with one attached hydrogen (secondary N) is 1. The van der Waals surface area contributed by atoms with E-state index in [-0.39, 0.29) is 0 Å². The van der Waals surface area contributed by atoms with Crippen LogP contribution < -0.4 is 5.32 Å². The van der Waals surface area contributed by atoms with Crippen LogP contribution in [0.3, 0.4) is 0 Å². The van der Waals surface area contributed by atoms with E-state index in [1.807, 2.05) is 17.4 Å². The summed E-state index contributed by atoms with van der Waals surface area (Å²) < 4.78 is 0. The number of rotatable bonds is 6. The predicted octanol–water partition coefficient (Wildman–Crippen LogP) is 2.74. The minimum absolute atomic E-state index is 0.431. The molecule has 1 aromatic rings. The van der Waals surface area contributed by atoms with E-state index in [2.05, 4.69) is 41.2 Å². The first-order chi connectivity index (χ1) is 8.22. The van der Waals surface area contributed by atoms with Gasteiger partial charge in [0.1, 0.15) is 0 Å². The molecule has 0 aromatic carbocycles. The molecule has 1 fully saturated rings. The third-order valence-corrected chi connectivity index (χ3v) is 4.27. The Bertz CT molecular complexity index is 339. The van der Waals surface area contributed by atoms with Gasteiger partial charge in [-0.3, -0.25) is 4.90 Å². The van der Waals surface area contributed by atoms with Crippen LogP contribution in [-0.4, -0.2) is 31.1 Å². The third-order valence-electron chi connectivity index (χ3n) is 3.41. The average molecular weight is 250 g/mol. The molecule has 0 spiro atoms. The third kappa shape index (κ3) is 3.66. The molecule has 0 aliphatic carbocycles. The van der Waals surface area contributed by atoms with Crippen molar-refractivity contribution in [3.63, 3.8) is 0 Å². The van der Waals surface area contributed by atoms with E-state index in [0.29, 0.717) is 5.41 Å². The van der Waals surface area contributed by atoms with Gasteiger partial charge in [-0.1, -0.05) is 19.1 Å². The van der Waals surface area contributed by atoms with E-state index in [4.69, 9.17) is 0 Å². The van der Waals surface area contributed by atoms with Gasteiger partial charge >= 0.3 is 0 Å². The predicted molar refractivity (Wildman–Crippen MR) is 75.4 cm³/mol. The van der Waals surface area contributed by atoms with Crippen LogP contribution in [0.2, 0.25) is 0 Å². The van der Waals surface area contributed by atoms with Crippen LogP contribution in [0.4, 0.5) is 0 Å². The van der Waals surface area contributed by atoms with Crippen molar-refractivity contribution in [2.45, 2.75) is 19.9 Å². The van der Waals surface area contributed by atoms with Crippen LogP contribution in [-0.2, 0) is 6.54 Å². The van der Waals surface area contributed by atoms with Crippen molar-refractivity contribution in [3.05, 3.63) is 35.0 Å². The largest absolute Gasteiger partial charge is 0.316 e. The fourth-order valence-corrected chi connectivity index (χ4v) is 3.28. The highest BCUT2D eigenvalue weighted by Gasteiger charge is 2.30. The van der Waals surface area contributed by atoms with Gasteiger partial charge in [0, 0.05) is 31.1 Å². The Morgan fingerprint density at radius 2 is 2.53 bits per heavy atom. The molecule has 1 unspecified atom stereocenters. The summed E-state index contributed by atoms with van der Waals surface area (Å²) in [6, 6.07) is 4.35. The Hall–Kier alpha value is -0.640. The maximum absolute atomic E-state index is 3.87. The van der Waals surface area contributed by atoms with E-state index < -0.39 is 0 Å². The van der Waals surface area contributed by atoms with Crippen molar-refractivity contribution in [3.8, 4) is 0 Å². The van der Waals surface area contributed by atoms with Gasteiger partial charge in [0.2, 0.25) is 0 Å². The van der Waals surface area contributed by atoms with E-state index in [9.17, 15) is 0 Å². The molecule has 1 N–H and O–H groups in total. The van der Waals surface area contributed by atoms with E-state index in [0.717, 1.165) is 32.7 Å². The van der Waals surface area contributed by atoms with E-state index in [1.165, 1.54) is 11.3 Å². The first-order valence-corrected chi connectivity index (χ1v) is 7.16. The molecule has 3 heteroatoms. The lowest BCUT2D eigenvalue weighted by molar-refractivity contribution is 0.187. The summed E-state index contributed by atoms with van der Waals surface area (Å²) in [5.74, 6) is 0. The van der Waals surface area contributed by atoms with Crippen LogP contribution in [0.15, 0.2) is 30.2 Å².